The third-order valence-corrected chi connectivity index (χ3v) is 5.03. The second-order valence-electron chi connectivity index (χ2n) is 5.72. The van der Waals surface area contributed by atoms with Gasteiger partial charge >= 0.3 is 0 Å². The summed E-state index contributed by atoms with van der Waals surface area (Å²) in [5, 5.41) is 0. The van der Waals surface area contributed by atoms with Gasteiger partial charge in [0.15, 0.2) is 0 Å². The molecule has 0 radical (unpaired) electrons. The van der Waals surface area contributed by atoms with E-state index in [-0.39, 0.29) is 23.7 Å². The Labute approximate surface area is 101 Å². The highest BCUT2D eigenvalue weighted by atomic mass is 31.2. The molecule has 6 heteroatoms. The highest BCUT2D eigenvalue weighted by molar-refractivity contribution is 7.50. The molecule has 0 aromatic heterocycles. The Bertz CT molecular complexity index is 393. The quantitative estimate of drug-likeness (QED) is 0.706. The van der Waals surface area contributed by atoms with E-state index in [0.29, 0.717) is 0 Å². The Morgan fingerprint density at radius 2 is 2.12 bits per heavy atom. The van der Waals surface area contributed by atoms with Gasteiger partial charge in [0.05, 0.1) is 11.7 Å². The van der Waals surface area contributed by atoms with Crippen LogP contribution in [0.3, 0.4) is 0 Å². The van der Waals surface area contributed by atoms with Gasteiger partial charge in [-0.05, 0) is 25.7 Å². The Morgan fingerprint density at radius 1 is 1.41 bits per heavy atom. The maximum Gasteiger partial charge on any atom is 0.132 e. The molecule has 0 amide bonds. The number of hydrogen-bond donors (Lipinski definition) is 0. The number of fused-ring (bicyclic) bond motifs is 3. The topological polar surface area (TPSA) is 67.8 Å². The number of hydrogen-bond acceptors (Lipinski definition) is 5. The van der Waals surface area contributed by atoms with Crippen molar-refractivity contribution in [3.8, 4) is 0 Å². The molecule has 2 saturated carbocycles. The van der Waals surface area contributed by atoms with Crippen LogP contribution in [0.25, 0.3) is 0 Å². The van der Waals surface area contributed by atoms with Gasteiger partial charge in [0.1, 0.15) is 19.3 Å². The first-order valence-corrected chi connectivity index (χ1v) is 8.00. The van der Waals surface area contributed by atoms with E-state index in [4.69, 9.17) is 14.0 Å². The van der Waals surface area contributed by atoms with Gasteiger partial charge in [-0.2, -0.15) is 0 Å². The van der Waals surface area contributed by atoms with E-state index >= 15 is 0 Å². The summed E-state index contributed by atoms with van der Waals surface area (Å²) in [5.74, 6) is 0.266. The molecular formula is C11H18O5P-. The summed E-state index contributed by atoms with van der Waals surface area (Å²) >= 11 is 0. The lowest BCUT2D eigenvalue weighted by atomic mass is 9.91. The minimum absolute atomic E-state index is 0.102. The average Bonchev–Trinajstić information content (AvgIpc) is 2.61. The first kappa shape index (κ1) is 12.1. The summed E-state index contributed by atoms with van der Waals surface area (Å²) in [5.41, 5.74) is -0.968. The van der Waals surface area contributed by atoms with Crippen LogP contribution in [0, 0.1) is 5.92 Å². The third kappa shape index (κ3) is 1.64. The Morgan fingerprint density at radius 3 is 2.71 bits per heavy atom. The molecule has 0 aromatic carbocycles. The summed E-state index contributed by atoms with van der Waals surface area (Å²) in [6.07, 6.45) is 2.31. The number of ether oxygens (including phenoxy) is 2. The normalized spacial score (nSPS) is 55.2. The minimum Gasteiger partial charge on any atom is -0.779 e. The van der Waals surface area contributed by atoms with Crippen LogP contribution >= 0.6 is 7.60 Å². The van der Waals surface area contributed by atoms with Gasteiger partial charge in [-0.3, -0.25) is 0 Å². The molecule has 3 unspecified atom stereocenters. The number of methoxy groups -OCH3 is 1. The lowest BCUT2D eigenvalue weighted by Crippen LogP contribution is -2.44. The van der Waals surface area contributed by atoms with E-state index in [2.05, 4.69) is 0 Å². The smallest absolute Gasteiger partial charge is 0.132 e. The van der Waals surface area contributed by atoms with Crippen LogP contribution in [0.15, 0.2) is 0 Å². The minimum atomic E-state index is -3.73. The van der Waals surface area contributed by atoms with Crippen molar-refractivity contribution >= 4 is 7.60 Å². The molecule has 0 bridgehead atoms. The molecule has 1 aliphatic heterocycles. The van der Waals surface area contributed by atoms with E-state index in [9.17, 15) is 9.46 Å². The molecule has 0 spiro atoms. The first-order chi connectivity index (χ1) is 7.81. The maximum absolute atomic E-state index is 11.4. The summed E-state index contributed by atoms with van der Waals surface area (Å²) in [7, 11) is -2.06. The van der Waals surface area contributed by atoms with Gasteiger partial charge < -0.3 is 23.5 Å². The third-order valence-electron chi connectivity index (χ3n) is 4.35. The standard InChI is InChI=1S/C11H19O5P/c1-7-4-10(14-2)5-8-6-11(8,9(10)15-7)16-17(3,12)13/h7-9H,4-6H2,1-3H3,(H,12,13)/p-1/t7?,8?,9-,10+,11+/m0/s1. The average molecular weight is 261 g/mol. The van der Waals surface area contributed by atoms with Crippen LogP contribution < -0.4 is 4.89 Å². The van der Waals surface area contributed by atoms with Crippen molar-refractivity contribution in [2.45, 2.75) is 49.6 Å². The van der Waals surface area contributed by atoms with Crippen LogP contribution in [-0.2, 0) is 18.6 Å². The van der Waals surface area contributed by atoms with E-state index in [0.717, 1.165) is 25.9 Å². The monoisotopic (exact) mass is 261 g/mol. The molecule has 6 atom stereocenters. The molecule has 3 rings (SSSR count). The molecule has 98 valence electrons. The SMILES string of the molecule is CO[C@@]12CC(C)O[C@@H]1[C@@]1(OP(C)(=O)[O-])CC1C2. The van der Waals surface area contributed by atoms with E-state index in [1.165, 1.54) is 0 Å². The van der Waals surface area contributed by atoms with Crippen molar-refractivity contribution in [3.05, 3.63) is 0 Å². The molecule has 0 N–H and O–H groups in total. The number of rotatable bonds is 3. The van der Waals surface area contributed by atoms with Gasteiger partial charge in [0, 0.05) is 20.2 Å². The van der Waals surface area contributed by atoms with Crippen LogP contribution in [0.4, 0.5) is 0 Å². The zero-order chi connectivity index (χ0) is 12.5. The largest absolute Gasteiger partial charge is 0.779 e. The fourth-order valence-corrected chi connectivity index (χ4v) is 4.74. The molecule has 1 saturated heterocycles. The van der Waals surface area contributed by atoms with E-state index < -0.39 is 13.2 Å². The predicted molar refractivity (Wildman–Crippen MR) is 58.8 cm³/mol. The van der Waals surface area contributed by atoms with Crippen LogP contribution in [0.1, 0.15) is 26.2 Å². The zero-order valence-corrected chi connectivity index (χ0v) is 11.2. The van der Waals surface area contributed by atoms with Crippen molar-refractivity contribution < 1.29 is 23.5 Å². The molecule has 0 aromatic rings. The zero-order valence-electron chi connectivity index (χ0n) is 10.3. The van der Waals surface area contributed by atoms with Gasteiger partial charge in [-0.25, -0.2) is 0 Å². The van der Waals surface area contributed by atoms with Gasteiger partial charge in [0.25, 0.3) is 0 Å². The van der Waals surface area contributed by atoms with Crippen LogP contribution in [-0.4, -0.2) is 37.2 Å². The summed E-state index contributed by atoms with van der Waals surface area (Å²) in [4.78, 5) is 11.4. The van der Waals surface area contributed by atoms with Gasteiger partial charge in [-0.1, -0.05) is 0 Å². The summed E-state index contributed by atoms with van der Waals surface area (Å²) in [6, 6.07) is 0. The van der Waals surface area contributed by atoms with E-state index in [1.807, 2.05) is 6.92 Å². The molecule has 17 heavy (non-hydrogen) atoms. The van der Waals surface area contributed by atoms with Crippen molar-refractivity contribution in [2.75, 3.05) is 13.8 Å². The highest BCUT2D eigenvalue weighted by Crippen LogP contribution is 2.70. The fraction of sp³-hybridized carbons (Fsp3) is 1.00. The van der Waals surface area contributed by atoms with Crippen LogP contribution in [0.2, 0.25) is 0 Å². The van der Waals surface area contributed by atoms with Gasteiger partial charge in [0.2, 0.25) is 0 Å². The van der Waals surface area contributed by atoms with Crippen molar-refractivity contribution in [2.24, 2.45) is 5.92 Å². The second kappa shape index (κ2) is 3.34. The Kier molecular flexibility index (Phi) is 2.38. The molecule has 3 fully saturated rings. The molecule has 1 heterocycles. The Balaban J connectivity index is 1.89. The fourth-order valence-electron chi connectivity index (χ4n) is 3.80. The van der Waals surface area contributed by atoms with E-state index in [1.54, 1.807) is 7.11 Å². The molecule has 2 aliphatic carbocycles. The first-order valence-electron chi connectivity index (χ1n) is 6.01. The summed E-state index contributed by atoms with van der Waals surface area (Å²) in [6.45, 7) is 3.12. The lowest BCUT2D eigenvalue weighted by Gasteiger charge is -2.34. The second-order valence-corrected chi connectivity index (χ2v) is 7.45. The lowest BCUT2D eigenvalue weighted by molar-refractivity contribution is -0.209. The van der Waals surface area contributed by atoms with Crippen LogP contribution in [0.5, 0.6) is 0 Å². The van der Waals surface area contributed by atoms with Crippen molar-refractivity contribution in [1.82, 2.24) is 0 Å². The summed E-state index contributed by atoms with van der Waals surface area (Å²) < 4.78 is 28.2. The van der Waals surface area contributed by atoms with Crippen molar-refractivity contribution in [1.29, 1.82) is 0 Å². The molecular weight excluding hydrogens is 243 g/mol. The molecule has 5 nitrogen and oxygen atoms in total. The molecule has 3 aliphatic rings. The maximum atomic E-state index is 11.4. The predicted octanol–water partition coefficient (Wildman–Crippen LogP) is 0.911. The van der Waals surface area contributed by atoms with Gasteiger partial charge in [-0.15, -0.1) is 0 Å². The highest BCUT2D eigenvalue weighted by Gasteiger charge is 2.77. The Hall–Kier alpha value is 0.0700. The van der Waals surface area contributed by atoms with Crippen molar-refractivity contribution in [3.63, 3.8) is 0 Å².